The van der Waals surface area contributed by atoms with Crippen molar-refractivity contribution in [3.05, 3.63) is 119 Å². The molecule has 0 unspecified atom stereocenters. The summed E-state index contributed by atoms with van der Waals surface area (Å²) in [6, 6.07) is 38.5. The maximum Gasteiger partial charge on any atom is 0.0155 e. The Bertz CT molecular complexity index is 1230. The predicted molar refractivity (Wildman–Crippen MR) is 211 cm³/mol. The van der Waals surface area contributed by atoms with Crippen LogP contribution in [0, 0.1) is 0 Å². The van der Waals surface area contributed by atoms with E-state index in [4.69, 9.17) is 0 Å². The number of aryl methyl sites for hydroxylation is 4. The molecular weight excluding hydrogens is 590 g/mol. The van der Waals surface area contributed by atoms with Crippen LogP contribution >= 0.6 is 15.8 Å². The highest BCUT2D eigenvalue weighted by Gasteiger charge is 2.36. The minimum atomic E-state index is -0.603. The van der Waals surface area contributed by atoms with Crippen molar-refractivity contribution < 1.29 is 0 Å². The Morgan fingerprint density at radius 2 is 0.630 bits per heavy atom. The van der Waals surface area contributed by atoms with Gasteiger partial charge in [-0.2, -0.15) is 0 Å². The number of rotatable bonds is 20. The van der Waals surface area contributed by atoms with Crippen LogP contribution in [0.3, 0.4) is 0 Å². The molecule has 0 heterocycles. The molecule has 2 heteroatoms. The summed E-state index contributed by atoms with van der Waals surface area (Å²) in [4.78, 5) is 0. The second-order valence-electron chi connectivity index (χ2n) is 12.9. The van der Waals surface area contributed by atoms with Gasteiger partial charge in [-0.1, -0.05) is 164 Å². The van der Waals surface area contributed by atoms with Gasteiger partial charge >= 0.3 is 0 Å². The lowest BCUT2D eigenvalue weighted by molar-refractivity contribution is 0.796. The van der Waals surface area contributed by atoms with E-state index in [0.29, 0.717) is 5.40 Å². The van der Waals surface area contributed by atoms with Gasteiger partial charge in [-0.15, -0.1) is 0 Å². The van der Waals surface area contributed by atoms with Crippen LogP contribution in [0.4, 0.5) is 0 Å². The molecular formula is C44H60P2. The maximum absolute atomic E-state index is 2.54. The molecule has 246 valence electrons. The molecule has 0 nitrogen and oxygen atoms in total. The summed E-state index contributed by atoms with van der Waals surface area (Å²) in [6.07, 6.45) is 17.2. The average Bonchev–Trinajstić information content (AvgIpc) is 3.10. The SMILES string of the molecule is CCCCc1ccccc1P(c1ccccc1CCCC)C(CCC)P(c1ccccc1CCCC)c1ccccc1CCCC. The van der Waals surface area contributed by atoms with E-state index in [0.717, 1.165) is 0 Å². The predicted octanol–water partition coefficient (Wildman–Crippen LogP) is 11.7. The molecule has 4 aromatic rings. The zero-order valence-corrected chi connectivity index (χ0v) is 31.4. The summed E-state index contributed by atoms with van der Waals surface area (Å²) < 4.78 is 0. The Kier molecular flexibility index (Phi) is 16.0. The first-order valence-electron chi connectivity index (χ1n) is 18.6. The molecule has 0 aliphatic heterocycles. The molecule has 0 aromatic heterocycles. The van der Waals surface area contributed by atoms with Crippen molar-refractivity contribution >= 4 is 37.1 Å². The van der Waals surface area contributed by atoms with Crippen molar-refractivity contribution in [1.29, 1.82) is 0 Å². The molecule has 0 bridgehead atoms. The molecule has 0 saturated carbocycles. The summed E-state index contributed by atoms with van der Waals surface area (Å²) >= 11 is 0. The highest BCUT2D eigenvalue weighted by atomic mass is 31.2. The fourth-order valence-corrected chi connectivity index (χ4v) is 15.1. The van der Waals surface area contributed by atoms with Gasteiger partial charge in [0.05, 0.1) is 0 Å². The summed E-state index contributed by atoms with van der Waals surface area (Å²) in [5, 5.41) is 7.18. The minimum absolute atomic E-state index is 0.575. The van der Waals surface area contributed by atoms with Gasteiger partial charge < -0.3 is 0 Å². The van der Waals surface area contributed by atoms with Gasteiger partial charge in [0.2, 0.25) is 0 Å². The van der Waals surface area contributed by atoms with Crippen LogP contribution in [0.25, 0.3) is 0 Å². The first-order chi connectivity index (χ1) is 22.7. The third kappa shape index (κ3) is 9.65. The molecule has 4 aromatic carbocycles. The highest BCUT2D eigenvalue weighted by molar-refractivity contribution is 7.89. The average molecular weight is 651 g/mol. The first-order valence-corrected chi connectivity index (χ1v) is 21.4. The van der Waals surface area contributed by atoms with Crippen LogP contribution < -0.4 is 21.2 Å². The van der Waals surface area contributed by atoms with Gasteiger partial charge in [-0.25, -0.2) is 0 Å². The molecule has 0 N–H and O–H groups in total. The van der Waals surface area contributed by atoms with Crippen molar-refractivity contribution in [2.75, 3.05) is 0 Å². The van der Waals surface area contributed by atoms with Crippen molar-refractivity contribution in [3.63, 3.8) is 0 Å². The van der Waals surface area contributed by atoms with Gasteiger partial charge in [-0.3, -0.25) is 0 Å². The quantitative estimate of drug-likeness (QED) is 0.0835. The van der Waals surface area contributed by atoms with E-state index in [9.17, 15) is 0 Å². The van der Waals surface area contributed by atoms with Crippen molar-refractivity contribution in [2.45, 2.75) is 130 Å². The number of unbranched alkanes of at least 4 members (excludes halogenated alkanes) is 4. The molecule has 46 heavy (non-hydrogen) atoms. The lowest BCUT2D eigenvalue weighted by atomic mass is 10.1. The Balaban J connectivity index is 2.05. The summed E-state index contributed by atoms with van der Waals surface area (Å²) in [5.41, 5.74) is 6.37. The molecule has 0 aliphatic carbocycles. The van der Waals surface area contributed by atoms with E-state index in [2.05, 4.69) is 132 Å². The molecule has 0 aliphatic rings. The largest absolute Gasteiger partial charge is 0.0654 e. The Morgan fingerprint density at radius 1 is 0.370 bits per heavy atom. The topological polar surface area (TPSA) is 0 Å². The van der Waals surface area contributed by atoms with Crippen LogP contribution in [0.1, 0.15) is 121 Å². The molecule has 0 atom stereocenters. The van der Waals surface area contributed by atoms with Gasteiger partial charge in [0.1, 0.15) is 0 Å². The van der Waals surface area contributed by atoms with E-state index in [-0.39, 0.29) is 0 Å². The third-order valence-corrected chi connectivity index (χ3v) is 16.3. The standard InChI is InChI=1S/C44H60P2/c1-6-11-24-36-28-15-19-32-40(36)45(41-33-20-16-29-37(41)25-12-7-2)44(23-10-5)46(42-34-21-17-30-38(42)26-13-8-3)43-35-22-18-31-39(43)27-14-9-4/h15-22,28-35,44H,6-14,23-27H2,1-5H3. The number of hydrogen-bond donors (Lipinski definition) is 0. The Morgan fingerprint density at radius 3 is 0.870 bits per heavy atom. The summed E-state index contributed by atoms with van der Waals surface area (Å²) in [7, 11) is -1.21. The second-order valence-corrected chi connectivity index (χ2v) is 18.0. The minimum Gasteiger partial charge on any atom is -0.0654 e. The van der Waals surface area contributed by atoms with Crippen LogP contribution in [0.15, 0.2) is 97.1 Å². The fraction of sp³-hybridized carbons (Fsp3) is 0.455. The van der Waals surface area contributed by atoms with E-state index >= 15 is 0 Å². The van der Waals surface area contributed by atoms with Gasteiger partial charge in [0.15, 0.2) is 0 Å². The highest BCUT2D eigenvalue weighted by Crippen LogP contribution is 2.59. The lowest BCUT2D eigenvalue weighted by Crippen LogP contribution is -2.32. The summed E-state index contributed by atoms with van der Waals surface area (Å²) in [6.45, 7) is 11.8. The molecule has 0 spiro atoms. The normalized spacial score (nSPS) is 11.7. The number of hydrogen-bond acceptors (Lipinski definition) is 0. The fourth-order valence-electron chi connectivity index (χ4n) is 6.83. The van der Waals surface area contributed by atoms with Crippen LogP contribution in [0.2, 0.25) is 0 Å². The van der Waals surface area contributed by atoms with Gasteiger partial charge in [0, 0.05) is 5.40 Å². The Hall–Kier alpha value is -2.26. The van der Waals surface area contributed by atoms with Crippen molar-refractivity contribution in [2.24, 2.45) is 0 Å². The molecule has 0 saturated heterocycles. The number of benzene rings is 4. The van der Waals surface area contributed by atoms with E-state index in [1.807, 2.05) is 0 Å². The van der Waals surface area contributed by atoms with Crippen molar-refractivity contribution in [3.8, 4) is 0 Å². The molecule has 0 amide bonds. The van der Waals surface area contributed by atoms with Crippen LogP contribution in [-0.2, 0) is 25.7 Å². The van der Waals surface area contributed by atoms with E-state index < -0.39 is 15.8 Å². The second kappa shape index (κ2) is 20.2. The molecule has 4 rings (SSSR count). The first kappa shape index (κ1) is 36.6. The monoisotopic (exact) mass is 650 g/mol. The smallest absolute Gasteiger partial charge is 0.0155 e. The maximum atomic E-state index is 2.54. The zero-order chi connectivity index (χ0) is 32.6. The Labute approximate surface area is 285 Å². The van der Waals surface area contributed by atoms with Crippen LogP contribution in [-0.4, -0.2) is 5.40 Å². The van der Waals surface area contributed by atoms with E-state index in [1.165, 1.54) is 89.9 Å². The van der Waals surface area contributed by atoms with Crippen LogP contribution in [0.5, 0.6) is 0 Å². The van der Waals surface area contributed by atoms with E-state index in [1.54, 1.807) is 43.5 Å². The van der Waals surface area contributed by atoms with Crippen molar-refractivity contribution in [1.82, 2.24) is 0 Å². The molecule has 0 radical (unpaired) electrons. The molecule has 0 fully saturated rings. The third-order valence-electron chi connectivity index (χ3n) is 9.35. The lowest BCUT2D eigenvalue weighted by Gasteiger charge is -2.39. The zero-order valence-electron chi connectivity index (χ0n) is 29.6. The van der Waals surface area contributed by atoms with Gasteiger partial charge in [0.25, 0.3) is 0 Å². The van der Waals surface area contributed by atoms with Gasteiger partial charge in [-0.05, 0) is 117 Å². The summed E-state index contributed by atoms with van der Waals surface area (Å²) in [5.74, 6) is 0.